The number of hydrogen-bond donors (Lipinski definition) is 1. The van der Waals surface area contributed by atoms with Crippen molar-refractivity contribution in [3.8, 4) is 0 Å². The van der Waals surface area contributed by atoms with E-state index >= 15 is 0 Å². The van der Waals surface area contributed by atoms with Crippen molar-refractivity contribution in [3.63, 3.8) is 0 Å². The van der Waals surface area contributed by atoms with E-state index in [1.54, 1.807) is 18.5 Å². The molecule has 0 saturated carbocycles. The van der Waals surface area contributed by atoms with Crippen LogP contribution in [0.5, 0.6) is 0 Å². The van der Waals surface area contributed by atoms with E-state index in [0.717, 1.165) is 11.1 Å². The van der Waals surface area contributed by atoms with Gasteiger partial charge in [0.25, 0.3) is 6.43 Å². The number of benzene rings is 1. The van der Waals surface area contributed by atoms with Gasteiger partial charge in [0, 0.05) is 30.5 Å². The van der Waals surface area contributed by atoms with Crippen LogP contribution >= 0.6 is 0 Å². The number of aromatic nitrogens is 1. The van der Waals surface area contributed by atoms with E-state index in [4.69, 9.17) is 0 Å². The molecule has 0 unspecified atom stereocenters. The number of nitrogens with zero attached hydrogens (tertiary/aromatic N) is 1. The first-order chi connectivity index (χ1) is 9.16. The zero-order chi connectivity index (χ0) is 13.7. The van der Waals surface area contributed by atoms with Gasteiger partial charge in [-0.2, -0.15) is 0 Å². The molecule has 1 aromatic carbocycles. The maximum absolute atomic E-state index is 12.6. The van der Waals surface area contributed by atoms with Crippen molar-refractivity contribution < 1.29 is 8.78 Å². The predicted molar refractivity (Wildman–Crippen MR) is 70.9 cm³/mol. The topological polar surface area (TPSA) is 24.9 Å². The lowest BCUT2D eigenvalue weighted by Gasteiger charge is -2.14. The van der Waals surface area contributed by atoms with Gasteiger partial charge in [0.15, 0.2) is 0 Å². The summed E-state index contributed by atoms with van der Waals surface area (Å²) in [5.74, 6) is 0. The van der Waals surface area contributed by atoms with Gasteiger partial charge in [0.1, 0.15) is 0 Å². The highest BCUT2D eigenvalue weighted by molar-refractivity contribution is 5.24. The maximum Gasteiger partial charge on any atom is 0.263 e. The number of rotatable bonds is 5. The molecular formula is C15H16F2N2. The van der Waals surface area contributed by atoms with E-state index in [0.29, 0.717) is 6.54 Å². The number of alkyl halides is 2. The number of hydrogen-bond acceptors (Lipinski definition) is 2. The molecule has 1 aromatic heterocycles. The molecule has 0 fully saturated rings. The summed E-state index contributed by atoms with van der Waals surface area (Å²) in [5.41, 5.74) is 2.05. The SMILES string of the molecule is C[C@H](NCc1cccc(C(F)F)c1)c1ccncc1. The fourth-order valence-electron chi connectivity index (χ4n) is 1.88. The van der Waals surface area contributed by atoms with Gasteiger partial charge in [-0.25, -0.2) is 8.78 Å². The largest absolute Gasteiger partial charge is 0.306 e. The van der Waals surface area contributed by atoms with Crippen LogP contribution in [0.15, 0.2) is 48.8 Å². The number of pyridine rings is 1. The van der Waals surface area contributed by atoms with E-state index in [-0.39, 0.29) is 11.6 Å². The van der Waals surface area contributed by atoms with Crippen molar-refractivity contribution >= 4 is 0 Å². The molecule has 4 heteroatoms. The van der Waals surface area contributed by atoms with Gasteiger partial charge < -0.3 is 5.32 Å². The van der Waals surface area contributed by atoms with Crippen LogP contribution in [-0.2, 0) is 6.54 Å². The summed E-state index contributed by atoms with van der Waals surface area (Å²) >= 11 is 0. The Balaban J connectivity index is 1.97. The molecule has 1 atom stereocenters. The van der Waals surface area contributed by atoms with E-state index in [9.17, 15) is 8.78 Å². The Bertz CT molecular complexity index is 515. The average molecular weight is 262 g/mol. The van der Waals surface area contributed by atoms with Crippen LogP contribution in [0.1, 0.15) is 36.1 Å². The molecule has 0 aliphatic rings. The standard InChI is InChI=1S/C15H16F2N2/c1-11(13-5-7-18-8-6-13)19-10-12-3-2-4-14(9-12)15(16)17/h2-9,11,15,19H,10H2,1H3/t11-/m0/s1. The smallest absolute Gasteiger partial charge is 0.263 e. The first kappa shape index (κ1) is 13.6. The van der Waals surface area contributed by atoms with Gasteiger partial charge in [0.05, 0.1) is 0 Å². The fraction of sp³-hybridized carbons (Fsp3) is 0.267. The van der Waals surface area contributed by atoms with E-state index in [1.165, 1.54) is 12.1 Å². The highest BCUT2D eigenvalue weighted by Gasteiger charge is 2.08. The predicted octanol–water partition coefficient (Wildman–Crippen LogP) is 3.87. The first-order valence-electron chi connectivity index (χ1n) is 6.17. The van der Waals surface area contributed by atoms with Crippen molar-refractivity contribution in [2.75, 3.05) is 0 Å². The molecule has 1 N–H and O–H groups in total. The summed E-state index contributed by atoms with van der Waals surface area (Å²) in [4.78, 5) is 3.97. The second kappa shape index (κ2) is 6.38. The molecule has 1 heterocycles. The molecule has 2 rings (SSSR count). The summed E-state index contributed by atoms with van der Waals surface area (Å²) in [6.07, 6.45) is 1.06. The zero-order valence-electron chi connectivity index (χ0n) is 10.7. The average Bonchev–Trinajstić information content (AvgIpc) is 2.46. The number of nitrogens with one attached hydrogen (secondary N) is 1. The normalized spacial score (nSPS) is 12.6. The monoisotopic (exact) mass is 262 g/mol. The van der Waals surface area contributed by atoms with Crippen molar-refractivity contribution in [2.24, 2.45) is 0 Å². The minimum atomic E-state index is -2.42. The fourth-order valence-corrected chi connectivity index (χ4v) is 1.88. The molecule has 0 bridgehead atoms. The second-order valence-corrected chi connectivity index (χ2v) is 4.43. The van der Waals surface area contributed by atoms with Crippen LogP contribution in [0.3, 0.4) is 0 Å². The molecule has 0 saturated heterocycles. The highest BCUT2D eigenvalue weighted by Crippen LogP contribution is 2.20. The molecule has 0 radical (unpaired) electrons. The minimum Gasteiger partial charge on any atom is -0.306 e. The van der Waals surface area contributed by atoms with E-state index in [1.807, 2.05) is 25.1 Å². The lowest BCUT2D eigenvalue weighted by atomic mass is 10.1. The maximum atomic E-state index is 12.6. The summed E-state index contributed by atoms with van der Waals surface area (Å²) in [5, 5.41) is 3.31. The van der Waals surface area contributed by atoms with Gasteiger partial charge in [0.2, 0.25) is 0 Å². The van der Waals surface area contributed by atoms with Crippen molar-refractivity contribution in [3.05, 3.63) is 65.5 Å². The summed E-state index contributed by atoms with van der Waals surface area (Å²) in [7, 11) is 0. The molecule has 2 nitrogen and oxygen atoms in total. The van der Waals surface area contributed by atoms with Crippen molar-refractivity contribution in [1.29, 1.82) is 0 Å². The van der Waals surface area contributed by atoms with Crippen LogP contribution in [0.2, 0.25) is 0 Å². The third kappa shape index (κ3) is 3.83. The molecule has 0 aliphatic heterocycles. The van der Waals surface area contributed by atoms with Crippen molar-refractivity contribution in [2.45, 2.75) is 25.9 Å². The van der Waals surface area contributed by atoms with Gasteiger partial charge in [-0.3, -0.25) is 4.98 Å². The highest BCUT2D eigenvalue weighted by atomic mass is 19.3. The third-order valence-corrected chi connectivity index (χ3v) is 3.02. The van der Waals surface area contributed by atoms with Gasteiger partial charge in [-0.15, -0.1) is 0 Å². The Hall–Kier alpha value is -1.81. The first-order valence-corrected chi connectivity index (χ1v) is 6.17. The Morgan fingerprint density at radius 3 is 2.53 bits per heavy atom. The Morgan fingerprint density at radius 2 is 1.84 bits per heavy atom. The van der Waals surface area contributed by atoms with E-state index in [2.05, 4.69) is 10.3 Å². The molecule has 19 heavy (non-hydrogen) atoms. The summed E-state index contributed by atoms with van der Waals surface area (Å²) in [6, 6.07) is 10.5. The molecule has 0 spiro atoms. The van der Waals surface area contributed by atoms with E-state index < -0.39 is 6.43 Å². The number of halogens is 2. The van der Waals surface area contributed by atoms with Gasteiger partial charge in [-0.1, -0.05) is 18.2 Å². The zero-order valence-corrected chi connectivity index (χ0v) is 10.7. The van der Waals surface area contributed by atoms with Crippen LogP contribution < -0.4 is 5.32 Å². The Kier molecular flexibility index (Phi) is 4.58. The lowest BCUT2D eigenvalue weighted by molar-refractivity contribution is 0.151. The van der Waals surface area contributed by atoms with Crippen molar-refractivity contribution in [1.82, 2.24) is 10.3 Å². The van der Waals surface area contributed by atoms with Gasteiger partial charge >= 0.3 is 0 Å². The summed E-state index contributed by atoms with van der Waals surface area (Å²) in [6.45, 7) is 2.59. The van der Waals surface area contributed by atoms with Crippen LogP contribution in [0.4, 0.5) is 8.78 Å². The van der Waals surface area contributed by atoms with Crippen LogP contribution in [0.25, 0.3) is 0 Å². The molecule has 2 aromatic rings. The van der Waals surface area contributed by atoms with Gasteiger partial charge in [-0.05, 0) is 36.2 Å². The molecule has 100 valence electrons. The van der Waals surface area contributed by atoms with Crippen LogP contribution in [-0.4, -0.2) is 4.98 Å². The molecule has 0 aliphatic carbocycles. The minimum absolute atomic E-state index is 0.0656. The summed E-state index contributed by atoms with van der Waals surface area (Å²) < 4.78 is 25.2. The molecular weight excluding hydrogens is 246 g/mol. The second-order valence-electron chi connectivity index (χ2n) is 4.43. The Morgan fingerprint density at radius 1 is 1.11 bits per heavy atom. The van der Waals surface area contributed by atoms with Crippen LogP contribution in [0, 0.1) is 0 Å². The Labute approximate surface area is 111 Å². The molecule has 0 amide bonds. The lowest BCUT2D eigenvalue weighted by Crippen LogP contribution is -2.18. The quantitative estimate of drug-likeness (QED) is 0.884. The third-order valence-electron chi connectivity index (χ3n) is 3.02.